The molecule has 1 aliphatic rings. The lowest BCUT2D eigenvalue weighted by Crippen LogP contribution is -2.26. The number of carbonyl (C=O) groups excluding carboxylic acids is 1. The largest absolute Gasteiger partial charge is 0.382 e. The first-order valence-corrected chi connectivity index (χ1v) is 12.5. The summed E-state index contributed by atoms with van der Waals surface area (Å²) in [5, 5.41) is 6.62. The van der Waals surface area contributed by atoms with E-state index in [-0.39, 0.29) is 5.91 Å². The van der Waals surface area contributed by atoms with Crippen molar-refractivity contribution in [3.05, 3.63) is 94.9 Å². The Kier molecular flexibility index (Phi) is 7.01. The lowest BCUT2D eigenvalue weighted by Gasteiger charge is -2.18. The zero-order valence-corrected chi connectivity index (χ0v) is 20.8. The average Bonchev–Trinajstić information content (AvgIpc) is 3.55. The first-order chi connectivity index (χ1) is 17.6. The highest BCUT2D eigenvalue weighted by Crippen LogP contribution is 2.24. The minimum atomic E-state index is -0.152. The highest BCUT2D eigenvalue weighted by molar-refractivity contribution is 6.06. The molecule has 6 nitrogen and oxygen atoms in total. The molecule has 2 N–H and O–H groups in total. The van der Waals surface area contributed by atoms with Crippen LogP contribution >= 0.6 is 0 Å². The predicted molar refractivity (Wildman–Crippen MR) is 146 cm³/mol. The zero-order chi connectivity index (χ0) is 24.9. The monoisotopic (exact) mass is 477 g/mol. The van der Waals surface area contributed by atoms with E-state index in [1.165, 1.54) is 25.9 Å². The predicted octanol–water partition coefficient (Wildman–Crippen LogP) is 5.11. The van der Waals surface area contributed by atoms with Crippen LogP contribution in [0.25, 0.3) is 5.65 Å². The number of hydrogen-bond acceptors (Lipinski definition) is 4. The van der Waals surface area contributed by atoms with E-state index in [1.807, 2.05) is 73.0 Å². The van der Waals surface area contributed by atoms with Crippen LogP contribution in [0.5, 0.6) is 0 Å². The van der Waals surface area contributed by atoms with Crippen LogP contribution in [0.2, 0.25) is 0 Å². The van der Waals surface area contributed by atoms with Gasteiger partial charge in [0.05, 0.1) is 17.6 Å². The highest BCUT2D eigenvalue weighted by Gasteiger charge is 2.13. The number of nitrogens with one attached hydrogen (secondary N) is 2. The van der Waals surface area contributed by atoms with E-state index in [9.17, 15) is 4.79 Å². The van der Waals surface area contributed by atoms with Crippen molar-refractivity contribution < 1.29 is 4.79 Å². The molecule has 36 heavy (non-hydrogen) atoms. The molecule has 0 bridgehead atoms. The van der Waals surface area contributed by atoms with E-state index in [0.717, 1.165) is 52.5 Å². The number of anilines is 2. The summed E-state index contributed by atoms with van der Waals surface area (Å²) in [7, 11) is 0. The number of amides is 1. The number of fused-ring (bicyclic) bond motifs is 1. The van der Waals surface area contributed by atoms with Crippen molar-refractivity contribution in [3.63, 3.8) is 0 Å². The molecular formula is C30H31N5O. The lowest BCUT2D eigenvalue weighted by atomic mass is 10.0. The Hall–Kier alpha value is -4.08. The Morgan fingerprint density at radius 1 is 1.00 bits per heavy atom. The fourth-order valence-electron chi connectivity index (χ4n) is 4.52. The summed E-state index contributed by atoms with van der Waals surface area (Å²) >= 11 is 0. The van der Waals surface area contributed by atoms with E-state index in [2.05, 4.69) is 38.4 Å². The molecule has 3 heterocycles. The van der Waals surface area contributed by atoms with Crippen LogP contribution in [0.3, 0.4) is 0 Å². The van der Waals surface area contributed by atoms with Gasteiger partial charge >= 0.3 is 0 Å². The van der Waals surface area contributed by atoms with Crippen LogP contribution in [-0.2, 0) is 0 Å². The first kappa shape index (κ1) is 23.7. The van der Waals surface area contributed by atoms with Crippen LogP contribution in [0.1, 0.15) is 45.6 Å². The van der Waals surface area contributed by atoms with Crippen molar-refractivity contribution in [2.75, 3.05) is 36.8 Å². The summed E-state index contributed by atoms with van der Waals surface area (Å²) in [5.74, 6) is 6.29. The molecule has 5 rings (SSSR count). The van der Waals surface area contributed by atoms with Gasteiger partial charge < -0.3 is 15.5 Å². The number of pyridine rings is 1. The van der Waals surface area contributed by atoms with Gasteiger partial charge in [0.2, 0.25) is 0 Å². The van der Waals surface area contributed by atoms with Gasteiger partial charge in [-0.25, -0.2) is 4.98 Å². The van der Waals surface area contributed by atoms with Crippen molar-refractivity contribution in [3.8, 4) is 11.8 Å². The molecule has 1 amide bonds. The van der Waals surface area contributed by atoms with E-state index in [4.69, 9.17) is 0 Å². The zero-order valence-electron chi connectivity index (χ0n) is 20.8. The molecule has 1 saturated heterocycles. The van der Waals surface area contributed by atoms with Gasteiger partial charge in [-0.05, 0) is 93.2 Å². The second-order valence-corrected chi connectivity index (χ2v) is 9.33. The van der Waals surface area contributed by atoms with Crippen LogP contribution in [0.15, 0.2) is 67.0 Å². The molecule has 4 aromatic rings. The Morgan fingerprint density at radius 2 is 1.86 bits per heavy atom. The topological polar surface area (TPSA) is 61.7 Å². The van der Waals surface area contributed by atoms with Gasteiger partial charge in [0.25, 0.3) is 5.91 Å². The fraction of sp³-hybridized carbons (Fsp3) is 0.267. The van der Waals surface area contributed by atoms with Crippen LogP contribution in [0.4, 0.5) is 11.4 Å². The molecule has 0 saturated carbocycles. The Labute approximate surface area is 212 Å². The number of imidazole rings is 1. The van der Waals surface area contributed by atoms with E-state index >= 15 is 0 Å². The number of carbonyl (C=O) groups is 1. The molecule has 2 aromatic carbocycles. The summed E-state index contributed by atoms with van der Waals surface area (Å²) in [6, 6.07) is 17.6. The number of aryl methyl sites for hydroxylation is 2. The second-order valence-electron chi connectivity index (χ2n) is 9.33. The minimum Gasteiger partial charge on any atom is -0.382 e. The molecule has 0 atom stereocenters. The number of benzene rings is 2. The van der Waals surface area contributed by atoms with Gasteiger partial charge in [-0.15, -0.1) is 0 Å². The van der Waals surface area contributed by atoms with Gasteiger partial charge in [0.15, 0.2) is 0 Å². The molecule has 0 aliphatic carbocycles. The number of rotatable bonds is 6. The maximum Gasteiger partial charge on any atom is 0.255 e. The van der Waals surface area contributed by atoms with Crippen LogP contribution < -0.4 is 10.6 Å². The van der Waals surface area contributed by atoms with Gasteiger partial charge in [-0.1, -0.05) is 24.1 Å². The number of likely N-dealkylation sites (tertiary alicyclic amines) is 1. The minimum absolute atomic E-state index is 0.152. The van der Waals surface area contributed by atoms with Gasteiger partial charge in [-0.3, -0.25) is 9.20 Å². The van der Waals surface area contributed by atoms with Gasteiger partial charge in [0.1, 0.15) is 11.3 Å². The quantitative estimate of drug-likeness (QED) is 0.379. The molecular weight excluding hydrogens is 446 g/mol. The van der Waals surface area contributed by atoms with Crippen molar-refractivity contribution in [2.45, 2.75) is 26.7 Å². The molecule has 1 aliphatic heterocycles. The Bertz CT molecular complexity index is 1450. The summed E-state index contributed by atoms with van der Waals surface area (Å²) in [6.07, 6.45) is 6.29. The van der Waals surface area contributed by atoms with E-state index in [0.29, 0.717) is 5.56 Å². The fourth-order valence-corrected chi connectivity index (χ4v) is 4.52. The third kappa shape index (κ3) is 5.42. The Morgan fingerprint density at radius 3 is 2.72 bits per heavy atom. The summed E-state index contributed by atoms with van der Waals surface area (Å²) in [6.45, 7) is 8.24. The van der Waals surface area contributed by atoms with Gasteiger partial charge in [0, 0.05) is 30.4 Å². The Balaban J connectivity index is 1.32. The molecule has 0 spiro atoms. The maximum atomic E-state index is 13.2. The molecule has 0 unspecified atom stereocenters. The van der Waals surface area contributed by atoms with Crippen LogP contribution in [-0.4, -0.2) is 46.4 Å². The maximum absolute atomic E-state index is 13.2. The van der Waals surface area contributed by atoms with Crippen molar-refractivity contribution in [1.82, 2.24) is 14.3 Å². The number of hydrogen-bond donors (Lipinski definition) is 2. The summed E-state index contributed by atoms with van der Waals surface area (Å²) in [5.41, 5.74) is 6.91. The normalized spacial score (nSPS) is 13.4. The third-order valence-corrected chi connectivity index (χ3v) is 6.61. The summed E-state index contributed by atoms with van der Waals surface area (Å²) in [4.78, 5) is 20.1. The average molecular weight is 478 g/mol. The van der Waals surface area contributed by atoms with E-state index < -0.39 is 0 Å². The van der Waals surface area contributed by atoms with Crippen molar-refractivity contribution in [2.24, 2.45) is 0 Å². The SMILES string of the molecule is Cc1ccc(NCCN2CCCC2)c(NC(=O)c2ccc(C)c(C#Cc3cnc4ccccn34)c2)c1. The molecule has 1 fully saturated rings. The lowest BCUT2D eigenvalue weighted by molar-refractivity contribution is 0.102. The van der Waals surface area contributed by atoms with Gasteiger partial charge in [-0.2, -0.15) is 0 Å². The molecule has 182 valence electrons. The second kappa shape index (κ2) is 10.7. The van der Waals surface area contributed by atoms with Crippen molar-refractivity contribution in [1.29, 1.82) is 0 Å². The first-order valence-electron chi connectivity index (χ1n) is 12.5. The number of aromatic nitrogens is 2. The van der Waals surface area contributed by atoms with Crippen molar-refractivity contribution >= 4 is 22.9 Å². The molecule has 0 radical (unpaired) electrons. The smallest absolute Gasteiger partial charge is 0.255 e. The standard InChI is InChI=1S/C30H31N5O/c1-22-8-13-27(31-14-18-34-15-5-6-16-34)28(19-22)33-30(36)25-10-9-23(2)24(20-25)11-12-26-21-32-29-7-3-4-17-35(26)29/h3-4,7-10,13,17,19-21,31H,5-6,14-16,18H2,1-2H3,(H,33,36). The molecule has 2 aromatic heterocycles. The van der Waals surface area contributed by atoms with E-state index in [1.54, 1.807) is 6.20 Å². The number of nitrogens with zero attached hydrogens (tertiary/aromatic N) is 3. The summed E-state index contributed by atoms with van der Waals surface area (Å²) < 4.78 is 1.95. The highest BCUT2D eigenvalue weighted by atomic mass is 16.1. The third-order valence-electron chi connectivity index (χ3n) is 6.61. The van der Waals surface area contributed by atoms with Crippen LogP contribution in [0, 0.1) is 25.7 Å². The molecule has 6 heteroatoms.